The molecule has 62 heavy (non-hydrogen) atoms. The Bertz CT molecular complexity index is 2540. The van der Waals surface area contributed by atoms with Crippen LogP contribution in [-0.2, 0) is 5.41 Å². The van der Waals surface area contributed by atoms with Crippen molar-refractivity contribution in [1.82, 2.24) is 0 Å². The number of hydrogen-bond acceptors (Lipinski definition) is 2. The number of rotatable bonds is 10. The fraction of sp³-hybridized carbons (Fsp3) is 0.200. The normalized spacial score (nSPS) is 13.5. The largest absolute Gasteiger partial charge is 0.311 e. The van der Waals surface area contributed by atoms with Gasteiger partial charge in [0.15, 0.2) is 0 Å². The molecule has 0 saturated heterocycles. The lowest BCUT2D eigenvalue weighted by molar-refractivity contribution is 0.346. The van der Waals surface area contributed by atoms with Gasteiger partial charge in [0.2, 0.25) is 0 Å². The lowest BCUT2D eigenvalue weighted by Gasteiger charge is -2.39. The van der Waals surface area contributed by atoms with E-state index in [4.69, 9.17) is 0 Å². The van der Waals surface area contributed by atoms with Crippen LogP contribution < -0.4 is 9.80 Å². The molecule has 0 radical (unpaired) electrons. The van der Waals surface area contributed by atoms with Gasteiger partial charge in [-0.05, 0) is 161 Å². The Balaban J connectivity index is 1.05. The van der Waals surface area contributed by atoms with Gasteiger partial charge in [-0.25, -0.2) is 0 Å². The van der Waals surface area contributed by atoms with Crippen LogP contribution >= 0.6 is 0 Å². The van der Waals surface area contributed by atoms with Crippen LogP contribution in [0.1, 0.15) is 76.6 Å². The molecule has 0 unspecified atom stereocenters. The van der Waals surface area contributed by atoms with E-state index in [-0.39, 0.29) is 5.41 Å². The van der Waals surface area contributed by atoms with E-state index >= 15 is 0 Å². The summed E-state index contributed by atoms with van der Waals surface area (Å²) in [6, 6.07) is 68.6. The first-order chi connectivity index (χ1) is 30.1. The van der Waals surface area contributed by atoms with E-state index in [1.54, 1.807) is 0 Å². The molecule has 2 heteroatoms. The molecular weight excluding hydrogens is 749 g/mol. The molecule has 9 rings (SSSR count). The first-order valence-electron chi connectivity index (χ1n) is 22.4. The van der Waals surface area contributed by atoms with Crippen LogP contribution in [0.4, 0.5) is 34.1 Å². The Morgan fingerprint density at radius 2 is 0.548 bits per heavy atom. The molecule has 0 amide bonds. The Morgan fingerprint density at radius 1 is 0.274 bits per heavy atom. The molecule has 8 aromatic rings. The number of hydrogen-bond donors (Lipinski definition) is 0. The molecule has 308 valence electrons. The zero-order valence-corrected chi connectivity index (χ0v) is 37.3. The molecule has 0 aliphatic heterocycles. The quantitative estimate of drug-likeness (QED) is 0.136. The van der Waals surface area contributed by atoms with E-state index in [1.165, 1.54) is 86.0 Å². The van der Waals surface area contributed by atoms with E-state index in [1.807, 2.05) is 0 Å². The predicted octanol–water partition coefficient (Wildman–Crippen LogP) is 17.1. The highest BCUT2D eigenvalue weighted by Gasteiger charge is 2.36. The van der Waals surface area contributed by atoms with Crippen molar-refractivity contribution >= 4 is 34.1 Å². The maximum absolute atomic E-state index is 2.41. The van der Waals surface area contributed by atoms with Crippen molar-refractivity contribution in [2.45, 2.75) is 79.1 Å². The second-order valence-corrected chi connectivity index (χ2v) is 17.9. The van der Waals surface area contributed by atoms with Gasteiger partial charge in [-0.2, -0.15) is 0 Å². The van der Waals surface area contributed by atoms with E-state index in [0.717, 1.165) is 47.0 Å². The van der Waals surface area contributed by atoms with E-state index < -0.39 is 0 Å². The first-order valence-corrected chi connectivity index (χ1v) is 22.4. The predicted molar refractivity (Wildman–Crippen MR) is 265 cm³/mol. The third-order valence-electron chi connectivity index (χ3n) is 13.0. The van der Waals surface area contributed by atoms with E-state index in [2.05, 4.69) is 233 Å². The van der Waals surface area contributed by atoms with Crippen molar-refractivity contribution in [2.75, 3.05) is 9.80 Å². The van der Waals surface area contributed by atoms with Crippen LogP contribution in [0.3, 0.4) is 0 Å². The molecule has 2 nitrogen and oxygen atoms in total. The van der Waals surface area contributed by atoms with Gasteiger partial charge >= 0.3 is 0 Å². The summed E-state index contributed by atoms with van der Waals surface area (Å²) in [5, 5.41) is 0. The Kier molecular flexibility index (Phi) is 11.4. The topological polar surface area (TPSA) is 6.48 Å². The summed E-state index contributed by atoms with van der Waals surface area (Å²) in [6.07, 6.45) is 6.04. The van der Waals surface area contributed by atoms with Crippen molar-refractivity contribution in [1.29, 1.82) is 0 Å². The van der Waals surface area contributed by atoms with Crippen LogP contribution in [0.15, 0.2) is 182 Å². The fourth-order valence-corrected chi connectivity index (χ4v) is 9.93. The molecule has 8 aromatic carbocycles. The molecule has 0 aromatic heterocycles. The molecular formula is C60H58N2. The van der Waals surface area contributed by atoms with Gasteiger partial charge in [0.25, 0.3) is 0 Å². The summed E-state index contributed by atoms with van der Waals surface area (Å²) in [6.45, 7) is 13.0. The SMILES string of the molecule is Cc1ccc(N(c2ccc(-c3cc(C)cc(C)c3)cc2)c2ccc(C3(c4ccc(N(c5ccc(C)cc5)c5ccc(-c6cc(C)cc(C)c6)cc5)cc4)CCCCC3)cc2)cc1. The maximum Gasteiger partial charge on any atom is 0.0462 e. The van der Waals surface area contributed by atoms with Crippen molar-refractivity contribution in [2.24, 2.45) is 0 Å². The summed E-state index contributed by atoms with van der Waals surface area (Å²) < 4.78 is 0. The lowest BCUT2D eigenvalue weighted by atomic mass is 9.65. The Morgan fingerprint density at radius 3 is 0.855 bits per heavy atom. The highest BCUT2D eigenvalue weighted by atomic mass is 15.1. The average Bonchev–Trinajstić information content (AvgIpc) is 3.28. The van der Waals surface area contributed by atoms with Gasteiger partial charge in [-0.3, -0.25) is 0 Å². The minimum absolute atomic E-state index is 0.0418. The molecule has 0 atom stereocenters. The van der Waals surface area contributed by atoms with Crippen molar-refractivity contribution in [3.05, 3.63) is 226 Å². The second kappa shape index (κ2) is 17.4. The molecule has 1 aliphatic carbocycles. The highest BCUT2D eigenvalue weighted by Crippen LogP contribution is 2.47. The maximum atomic E-state index is 2.41. The minimum atomic E-state index is -0.0418. The molecule has 0 bridgehead atoms. The summed E-state index contributed by atoms with van der Waals surface area (Å²) in [4.78, 5) is 4.79. The monoisotopic (exact) mass is 806 g/mol. The lowest BCUT2D eigenvalue weighted by Crippen LogP contribution is -2.30. The smallest absolute Gasteiger partial charge is 0.0462 e. The highest BCUT2D eigenvalue weighted by molar-refractivity contribution is 5.80. The minimum Gasteiger partial charge on any atom is -0.311 e. The van der Waals surface area contributed by atoms with Crippen LogP contribution in [0.25, 0.3) is 22.3 Å². The van der Waals surface area contributed by atoms with Crippen LogP contribution in [0, 0.1) is 41.5 Å². The van der Waals surface area contributed by atoms with Gasteiger partial charge in [-0.1, -0.05) is 162 Å². The van der Waals surface area contributed by atoms with Crippen molar-refractivity contribution in [3.8, 4) is 22.3 Å². The Hall–Kier alpha value is -6.64. The van der Waals surface area contributed by atoms with Crippen LogP contribution in [0.5, 0.6) is 0 Å². The van der Waals surface area contributed by atoms with Gasteiger partial charge in [0.05, 0.1) is 0 Å². The second-order valence-electron chi connectivity index (χ2n) is 17.9. The number of nitrogens with zero attached hydrogens (tertiary/aromatic N) is 2. The summed E-state index contributed by atoms with van der Waals surface area (Å²) >= 11 is 0. The van der Waals surface area contributed by atoms with Crippen LogP contribution in [-0.4, -0.2) is 0 Å². The van der Waals surface area contributed by atoms with Crippen molar-refractivity contribution < 1.29 is 0 Å². The van der Waals surface area contributed by atoms with Gasteiger partial charge in [0.1, 0.15) is 0 Å². The molecule has 0 heterocycles. The number of aryl methyl sites for hydroxylation is 6. The van der Waals surface area contributed by atoms with Gasteiger partial charge in [0, 0.05) is 39.5 Å². The molecule has 1 saturated carbocycles. The van der Waals surface area contributed by atoms with Crippen molar-refractivity contribution in [3.63, 3.8) is 0 Å². The molecule has 1 fully saturated rings. The third kappa shape index (κ3) is 8.48. The average molecular weight is 807 g/mol. The van der Waals surface area contributed by atoms with Gasteiger partial charge < -0.3 is 9.80 Å². The summed E-state index contributed by atoms with van der Waals surface area (Å²) in [5.74, 6) is 0. The Labute approximate surface area is 370 Å². The van der Waals surface area contributed by atoms with E-state index in [0.29, 0.717) is 0 Å². The zero-order chi connectivity index (χ0) is 42.8. The van der Waals surface area contributed by atoms with Gasteiger partial charge in [-0.15, -0.1) is 0 Å². The molecule has 0 N–H and O–H groups in total. The molecule has 1 aliphatic rings. The van der Waals surface area contributed by atoms with Crippen LogP contribution in [0.2, 0.25) is 0 Å². The summed E-state index contributed by atoms with van der Waals surface area (Å²) in [7, 11) is 0. The molecule has 0 spiro atoms. The zero-order valence-electron chi connectivity index (χ0n) is 37.3. The summed E-state index contributed by atoms with van der Waals surface area (Å²) in [5.41, 5.74) is 22.4. The number of benzene rings is 8. The standard InChI is InChI=1S/C60H58N2/c1-42-10-22-54(23-11-42)61(56-26-14-48(15-27-56)50-38-44(3)36-45(4)39-50)58-30-18-52(19-31-58)60(34-8-7-9-35-60)53-20-32-59(33-21-53)62(55-24-12-43(2)13-25-55)57-28-16-49(17-29-57)51-40-46(5)37-47(6)41-51/h10-33,36-41H,7-9,34-35H2,1-6H3. The fourth-order valence-electron chi connectivity index (χ4n) is 9.93. The van der Waals surface area contributed by atoms with E-state index in [9.17, 15) is 0 Å². The number of anilines is 6. The third-order valence-corrected chi connectivity index (χ3v) is 13.0. The first kappa shape index (κ1) is 40.7.